The topological polar surface area (TPSA) is 35.3 Å². The van der Waals surface area contributed by atoms with Crippen LogP contribution in [0.2, 0.25) is 0 Å². The Labute approximate surface area is 79.1 Å². The second-order valence-corrected chi connectivity index (χ2v) is 3.18. The average Bonchev–Trinajstić information content (AvgIpc) is 2.51. The maximum absolute atomic E-state index is 5.37. The molecule has 0 aliphatic heterocycles. The van der Waals surface area contributed by atoms with E-state index >= 15 is 0 Å². The van der Waals surface area contributed by atoms with Gasteiger partial charge in [0, 0.05) is 6.07 Å². The van der Waals surface area contributed by atoms with Gasteiger partial charge in [0.15, 0.2) is 0 Å². The van der Waals surface area contributed by atoms with Crippen LogP contribution in [0.1, 0.15) is 38.4 Å². The minimum atomic E-state index is 0.606. The van der Waals surface area contributed by atoms with E-state index in [1.807, 2.05) is 6.92 Å². The molecule has 3 nitrogen and oxygen atoms in total. The van der Waals surface area contributed by atoms with Gasteiger partial charge in [-0.25, -0.2) is 0 Å². The van der Waals surface area contributed by atoms with E-state index in [2.05, 4.69) is 12.1 Å². The van der Waals surface area contributed by atoms with E-state index in [0.29, 0.717) is 5.88 Å². The standard InChI is InChI=1S/C10H17NO2/c1-3-4-5-6-7-12-10-8-9(2)13-11-10/h8H,3-7H2,1-2H3. The number of hydrogen-bond acceptors (Lipinski definition) is 3. The lowest BCUT2D eigenvalue weighted by molar-refractivity contribution is 0.269. The first-order chi connectivity index (χ1) is 6.33. The van der Waals surface area contributed by atoms with Crippen molar-refractivity contribution in [2.75, 3.05) is 6.61 Å². The summed E-state index contributed by atoms with van der Waals surface area (Å²) in [5.41, 5.74) is 0. The molecule has 0 unspecified atom stereocenters. The lowest BCUT2D eigenvalue weighted by atomic mass is 10.2. The number of ether oxygens (including phenoxy) is 1. The summed E-state index contributed by atoms with van der Waals surface area (Å²) in [6.45, 7) is 4.80. The summed E-state index contributed by atoms with van der Waals surface area (Å²) < 4.78 is 10.2. The highest BCUT2D eigenvalue weighted by molar-refractivity contribution is 5.09. The van der Waals surface area contributed by atoms with Crippen molar-refractivity contribution < 1.29 is 9.26 Å². The molecule has 0 radical (unpaired) electrons. The van der Waals surface area contributed by atoms with Gasteiger partial charge in [0.2, 0.25) is 0 Å². The molecule has 0 saturated heterocycles. The predicted octanol–water partition coefficient (Wildman–Crippen LogP) is 2.94. The van der Waals surface area contributed by atoms with Gasteiger partial charge in [-0.05, 0) is 18.5 Å². The van der Waals surface area contributed by atoms with Gasteiger partial charge >= 0.3 is 0 Å². The van der Waals surface area contributed by atoms with E-state index in [9.17, 15) is 0 Å². The number of nitrogens with zero attached hydrogens (tertiary/aromatic N) is 1. The van der Waals surface area contributed by atoms with Crippen LogP contribution in [0.4, 0.5) is 0 Å². The summed E-state index contributed by atoms with van der Waals surface area (Å²) in [6.07, 6.45) is 4.86. The Hall–Kier alpha value is -0.990. The Bertz CT molecular complexity index is 233. The molecule has 0 fully saturated rings. The lowest BCUT2D eigenvalue weighted by Crippen LogP contribution is -1.96. The normalized spacial score (nSPS) is 10.3. The summed E-state index contributed by atoms with van der Waals surface area (Å²) in [5.74, 6) is 1.40. The molecule has 0 bridgehead atoms. The van der Waals surface area contributed by atoms with Gasteiger partial charge in [0.1, 0.15) is 5.76 Å². The second kappa shape index (κ2) is 5.62. The van der Waals surface area contributed by atoms with E-state index in [1.165, 1.54) is 19.3 Å². The third-order valence-electron chi connectivity index (χ3n) is 1.85. The highest BCUT2D eigenvalue weighted by Crippen LogP contribution is 2.10. The zero-order valence-electron chi connectivity index (χ0n) is 8.38. The monoisotopic (exact) mass is 183 g/mol. The lowest BCUT2D eigenvalue weighted by Gasteiger charge is -2.00. The SMILES string of the molecule is CCCCCCOc1cc(C)on1. The van der Waals surface area contributed by atoms with Gasteiger partial charge in [0.05, 0.1) is 6.61 Å². The number of unbranched alkanes of at least 4 members (excludes halogenated alkanes) is 3. The third-order valence-corrected chi connectivity index (χ3v) is 1.85. The maximum atomic E-state index is 5.37. The van der Waals surface area contributed by atoms with Crippen LogP contribution in [0.3, 0.4) is 0 Å². The quantitative estimate of drug-likeness (QED) is 0.636. The second-order valence-electron chi connectivity index (χ2n) is 3.18. The van der Waals surface area contributed by atoms with Gasteiger partial charge in [-0.1, -0.05) is 26.2 Å². The number of rotatable bonds is 6. The fourth-order valence-corrected chi connectivity index (χ4v) is 1.12. The number of aromatic nitrogens is 1. The molecule has 0 saturated carbocycles. The van der Waals surface area contributed by atoms with Gasteiger partial charge in [-0.15, -0.1) is 0 Å². The predicted molar refractivity (Wildman–Crippen MR) is 50.9 cm³/mol. The van der Waals surface area contributed by atoms with Crippen LogP contribution in [-0.4, -0.2) is 11.8 Å². The molecule has 1 heterocycles. The fourth-order valence-electron chi connectivity index (χ4n) is 1.12. The van der Waals surface area contributed by atoms with E-state index in [0.717, 1.165) is 18.8 Å². The van der Waals surface area contributed by atoms with Crippen LogP contribution < -0.4 is 4.74 Å². The Morgan fingerprint density at radius 1 is 1.38 bits per heavy atom. The molecule has 0 spiro atoms. The Balaban J connectivity index is 2.06. The first-order valence-corrected chi connectivity index (χ1v) is 4.89. The van der Waals surface area contributed by atoms with Gasteiger partial charge in [-0.2, -0.15) is 0 Å². The summed E-state index contributed by atoms with van der Waals surface area (Å²) in [4.78, 5) is 0. The van der Waals surface area contributed by atoms with Crippen LogP contribution >= 0.6 is 0 Å². The van der Waals surface area contributed by atoms with Crippen molar-refractivity contribution in [3.63, 3.8) is 0 Å². The van der Waals surface area contributed by atoms with Crippen molar-refractivity contribution in [1.82, 2.24) is 5.16 Å². The van der Waals surface area contributed by atoms with Gasteiger partial charge < -0.3 is 9.26 Å². The molecule has 0 amide bonds. The molecule has 3 heteroatoms. The minimum absolute atomic E-state index is 0.606. The molecule has 74 valence electrons. The third kappa shape index (κ3) is 3.97. The Morgan fingerprint density at radius 3 is 2.85 bits per heavy atom. The van der Waals surface area contributed by atoms with Crippen LogP contribution in [0, 0.1) is 6.92 Å². The largest absolute Gasteiger partial charge is 0.476 e. The fraction of sp³-hybridized carbons (Fsp3) is 0.700. The van der Waals surface area contributed by atoms with Gasteiger partial charge in [0.25, 0.3) is 5.88 Å². The van der Waals surface area contributed by atoms with Crippen molar-refractivity contribution in [1.29, 1.82) is 0 Å². The molecule has 1 rings (SSSR count). The molecule has 0 aliphatic rings. The number of aryl methyl sites for hydroxylation is 1. The van der Waals surface area contributed by atoms with Crippen molar-refractivity contribution in [3.05, 3.63) is 11.8 Å². The molecular formula is C10H17NO2. The first-order valence-electron chi connectivity index (χ1n) is 4.89. The summed E-state index contributed by atoms with van der Waals surface area (Å²) in [5, 5.41) is 3.74. The molecule has 0 atom stereocenters. The molecule has 0 aliphatic carbocycles. The van der Waals surface area contributed by atoms with E-state index in [1.54, 1.807) is 6.07 Å². The zero-order valence-corrected chi connectivity index (χ0v) is 8.38. The Kier molecular flexibility index (Phi) is 4.36. The Morgan fingerprint density at radius 2 is 2.23 bits per heavy atom. The average molecular weight is 183 g/mol. The van der Waals surface area contributed by atoms with Crippen molar-refractivity contribution >= 4 is 0 Å². The molecule has 13 heavy (non-hydrogen) atoms. The number of hydrogen-bond donors (Lipinski definition) is 0. The molecular weight excluding hydrogens is 166 g/mol. The molecule has 0 N–H and O–H groups in total. The zero-order chi connectivity index (χ0) is 9.52. The molecule has 0 aromatic carbocycles. The summed E-state index contributed by atoms with van der Waals surface area (Å²) in [6, 6.07) is 1.81. The van der Waals surface area contributed by atoms with Crippen molar-refractivity contribution in [2.45, 2.75) is 39.5 Å². The summed E-state index contributed by atoms with van der Waals surface area (Å²) in [7, 11) is 0. The van der Waals surface area contributed by atoms with Crippen LogP contribution in [0.15, 0.2) is 10.6 Å². The van der Waals surface area contributed by atoms with Crippen LogP contribution in [0.5, 0.6) is 5.88 Å². The summed E-state index contributed by atoms with van der Waals surface area (Å²) >= 11 is 0. The van der Waals surface area contributed by atoms with Crippen molar-refractivity contribution in [2.24, 2.45) is 0 Å². The van der Waals surface area contributed by atoms with E-state index < -0.39 is 0 Å². The van der Waals surface area contributed by atoms with E-state index in [-0.39, 0.29) is 0 Å². The van der Waals surface area contributed by atoms with Crippen molar-refractivity contribution in [3.8, 4) is 5.88 Å². The van der Waals surface area contributed by atoms with Gasteiger partial charge in [-0.3, -0.25) is 0 Å². The van der Waals surface area contributed by atoms with Crippen LogP contribution in [0.25, 0.3) is 0 Å². The molecule has 1 aromatic rings. The maximum Gasteiger partial charge on any atom is 0.254 e. The highest BCUT2D eigenvalue weighted by Gasteiger charge is 1.99. The first kappa shape index (κ1) is 10.1. The minimum Gasteiger partial charge on any atom is -0.476 e. The smallest absolute Gasteiger partial charge is 0.254 e. The van der Waals surface area contributed by atoms with E-state index in [4.69, 9.17) is 9.26 Å². The molecule has 1 aromatic heterocycles. The highest BCUT2D eigenvalue weighted by atomic mass is 16.5. The van der Waals surface area contributed by atoms with Crippen LogP contribution in [-0.2, 0) is 0 Å².